The summed E-state index contributed by atoms with van der Waals surface area (Å²) in [6.07, 6.45) is -0.436. The molecule has 0 aliphatic carbocycles. The molecule has 0 radical (unpaired) electrons. The van der Waals surface area contributed by atoms with Crippen LogP contribution in [0, 0.1) is 5.82 Å². The van der Waals surface area contributed by atoms with Crippen molar-refractivity contribution in [1.29, 1.82) is 0 Å². The zero-order chi connectivity index (χ0) is 11.5. The maximum Gasteiger partial charge on any atom is 0.191 e. The third-order valence-electron chi connectivity index (χ3n) is 2.41. The van der Waals surface area contributed by atoms with Crippen LogP contribution in [0.25, 0.3) is 0 Å². The molecule has 0 amide bonds. The van der Waals surface area contributed by atoms with Crippen molar-refractivity contribution >= 4 is 5.78 Å². The molecule has 4 heteroatoms. The summed E-state index contributed by atoms with van der Waals surface area (Å²) < 4.78 is 23.2. The second-order valence-corrected chi connectivity index (χ2v) is 3.81. The van der Waals surface area contributed by atoms with Gasteiger partial charge in [-0.3, -0.25) is 4.79 Å². The number of halogens is 1. The zero-order valence-electron chi connectivity index (χ0n) is 8.98. The lowest BCUT2D eigenvalue weighted by Gasteiger charge is -2.10. The zero-order valence-corrected chi connectivity index (χ0v) is 8.98. The van der Waals surface area contributed by atoms with Gasteiger partial charge in [-0.25, -0.2) is 4.39 Å². The summed E-state index contributed by atoms with van der Waals surface area (Å²) in [5.41, 5.74) is 0.337. The normalized spacial score (nSPS) is 20.5. The SMILES string of the molecule is CC(OCC1CO1)C(=O)c1cccc(F)c1. The van der Waals surface area contributed by atoms with Crippen LogP contribution in [-0.2, 0) is 9.47 Å². The van der Waals surface area contributed by atoms with E-state index in [0.717, 1.165) is 0 Å². The molecule has 86 valence electrons. The molecule has 2 rings (SSSR count). The third kappa shape index (κ3) is 2.87. The van der Waals surface area contributed by atoms with Gasteiger partial charge in [0.2, 0.25) is 0 Å². The van der Waals surface area contributed by atoms with Gasteiger partial charge >= 0.3 is 0 Å². The largest absolute Gasteiger partial charge is 0.371 e. The van der Waals surface area contributed by atoms with Gasteiger partial charge in [0, 0.05) is 5.56 Å². The molecule has 1 aliphatic rings. The van der Waals surface area contributed by atoms with Crippen molar-refractivity contribution < 1.29 is 18.7 Å². The minimum atomic E-state index is -0.564. The molecule has 1 saturated heterocycles. The number of ketones is 1. The maximum atomic E-state index is 12.9. The number of carbonyl (C=O) groups is 1. The highest BCUT2D eigenvalue weighted by atomic mass is 19.1. The summed E-state index contributed by atoms with van der Waals surface area (Å²) in [7, 11) is 0. The number of benzene rings is 1. The van der Waals surface area contributed by atoms with Crippen molar-refractivity contribution in [2.45, 2.75) is 19.1 Å². The highest BCUT2D eigenvalue weighted by molar-refractivity contribution is 5.99. The number of epoxide rings is 1. The summed E-state index contributed by atoms with van der Waals surface area (Å²) in [5, 5.41) is 0. The van der Waals surface area contributed by atoms with Gasteiger partial charge < -0.3 is 9.47 Å². The van der Waals surface area contributed by atoms with Crippen LogP contribution < -0.4 is 0 Å². The van der Waals surface area contributed by atoms with Crippen molar-refractivity contribution in [2.75, 3.05) is 13.2 Å². The summed E-state index contributed by atoms with van der Waals surface area (Å²) in [6, 6.07) is 5.62. The van der Waals surface area contributed by atoms with Crippen molar-refractivity contribution in [3.8, 4) is 0 Å². The Hall–Kier alpha value is -1.26. The van der Waals surface area contributed by atoms with Gasteiger partial charge in [0.05, 0.1) is 13.2 Å². The van der Waals surface area contributed by atoms with Crippen molar-refractivity contribution in [1.82, 2.24) is 0 Å². The lowest BCUT2D eigenvalue weighted by molar-refractivity contribution is 0.0423. The number of Topliss-reactive ketones (excluding diaryl/α,β-unsaturated/α-hetero) is 1. The minimum absolute atomic E-state index is 0.128. The van der Waals surface area contributed by atoms with E-state index in [4.69, 9.17) is 9.47 Å². The van der Waals surface area contributed by atoms with E-state index in [-0.39, 0.29) is 11.9 Å². The average Bonchev–Trinajstić information content (AvgIpc) is 3.08. The van der Waals surface area contributed by atoms with E-state index >= 15 is 0 Å². The Morgan fingerprint density at radius 1 is 1.69 bits per heavy atom. The minimum Gasteiger partial charge on any atom is -0.371 e. The Kier molecular flexibility index (Phi) is 3.31. The quantitative estimate of drug-likeness (QED) is 0.565. The summed E-state index contributed by atoms with van der Waals surface area (Å²) in [6.45, 7) is 2.78. The summed E-state index contributed by atoms with van der Waals surface area (Å²) in [5.74, 6) is -0.622. The van der Waals surface area contributed by atoms with Crippen LogP contribution in [0.5, 0.6) is 0 Å². The van der Waals surface area contributed by atoms with E-state index in [0.29, 0.717) is 18.8 Å². The van der Waals surface area contributed by atoms with Crippen molar-refractivity contribution in [3.05, 3.63) is 35.6 Å². The van der Waals surface area contributed by atoms with Crippen LogP contribution in [0.4, 0.5) is 4.39 Å². The molecular formula is C12H13FO3. The maximum absolute atomic E-state index is 12.9. The fourth-order valence-electron chi connectivity index (χ4n) is 1.37. The Morgan fingerprint density at radius 2 is 2.44 bits per heavy atom. The molecule has 1 aliphatic heterocycles. The molecule has 1 heterocycles. The van der Waals surface area contributed by atoms with Crippen LogP contribution in [0.1, 0.15) is 17.3 Å². The van der Waals surface area contributed by atoms with E-state index in [9.17, 15) is 9.18 Å². The Labute approximate surface area is 93.2 Å². The molecule has 0 spiro atoms. The first kappa shape index (κ1) is 11.2. The summed E-state index contributed by atoms with van der Waals surface area (Å²) >= 11 is 0. The Morgan fingerprint density at radius 3 is 3.06 bits per heavy atom. The number of hydrogen-bond donors (Lipinski definition) is 0. The van der Waals surface area contributed by atoms with Gasteiger partial charge in [-0.15, -0.1) is 0 Å². The molecule has 1 aromatic rings. The smallest absolute Gasteiger partial charge is 0.191 e. The molecule has 16 heavy (non-hydrogen) atoms. The number of ether oxygens (including phenoxy) is 2. The predicted octanol–water partition coefficient (Wildman–Crippen LogP) is 1.81. The highest BCUT2D eigenvalue weighted by Gasteiger charge is 2.25. The van der Waals surface area contributed by atoms with E-state index in [1.807, 2.05) is 0 Å². The molecule has 0 aromatic heterocycles. The van der Waals surface area contributed by atoms with E-state index in [1.165, 1.54) is 18.2 Å². The van der Waals surface area contributed by atoms with Gasteiger partial charge in [-0.05, 0) is 19.1 Å². The fourth-order valence-corrected chi connectivity index (χ4v) is 1.37. The van der Waals surface area contributed by atoms with Crippen LogP contribution in [0.3, 0.4) is 0 Å². The van der Waals surface area contributed by atoms with Crippen molar-refractivity contribution in [3.63, 3.8) is 0 Å². The first-order valence-corrected chi connectivity index (χ1v) is 5.20. The lowest BCUT2D eigenvalue weighted by Crippen LogP contribution is -2.23. The molecule has 1 fully saturated rings. The van der Waals surface area contributed by atoms with Gasteiger partial charge in [0.25, 0.3) is 0 Å². The second-order valence-electron chi connectivity index (χ2n) is 3.81. The van der Waals surface area contributed by atoms with Crippen LogP contribution in [0.2, 0.25) is 0 Å². The number of rotatable bonds is 5. The van der Waals surface area contributed by atoms with E-state index in [2.05, 4.69) is 0 Å². The predicted molar refractivity (Wildman–Crippen MR) is 55.9 cm³/mol. The van der Waals surface area contributed by atoms with Gasteiger partial charge in [-0.2, -0.15) is 0 Å². The Bertz CT molecular complexity index is 388. The first-order chi connectivity index (χ1) is 7.66. The molecular weight excluding hydrogens is 211 g/mol. The van der Waals surface area contributed by atoms with Gasteiger partial charge in [-0.1, -0.05) is 12.1 Å². The second kappa shape index (κ2) is 4.72. The van der Waals surface area contributed by atoms with Gasteiger partial charge in [0.1, 0.15) is 18.0 Å². The molecule has 0 saturated carbocycles. The molecule has 3 nitrogen and oxygen atoms in total. The molecule has 0 bridgehead atoms. The Balaban J connectivity index is 1.94. The molecule has 1 aromatic carbocycles. The van der Waals surface area contributed by atoms with E-state index in [1.54, 1.807) is 13.0 Å². The highest BCUT2D eigenvalue weighted by Crippen LogP contribution is 2.13. The van der Waals surface area contributed by atoms with Gasteiger partial charge in [0.15, 0.2) is 5.78 Å². The first-order valence-electron chi connectivity index (χ1n) is 5.20. The topological polar surface area (TPSA) is 38.8 Å². The van der Waals surface area contributed by atoms with Crippen LogP contribution in [-0.4, -0.2) is 31.2 Å². The number of carbonyl (C=O) groups excluding carboxylic acids is 1. The average molecular weight is 224 g/mol. The molecule has 2 atom stereocenters. The van der Waals surface area contributed by atoms with Crippen LogP contribution in [0.15, 0.2) is 24.3 Å². The standard InChI is InChI=1S/C12H13FO3/c1-8(15-6-11-7-16-11)12(14)9-3-2-4-10(13)5-9/h2-5,8,11H,6-7H2,1H3. The summed E-state index contributed by atoms with van der Waals surface area (Å²) in [4.78, 5) is 11.8. The van der Waals surface area contributed by atoms with E-state index < -0.39 is 11.9 Å². The van der Waals surface area contributed by atoms with Crippen molar-refractivity contribution in [2.24, 2.45) is 0 Å². The monoisotopic (exact) mass is 224 g/mol. The van der Waals surface area contributed by atoms with Crippen LogP contribution >= 0.6 is 0 Å². The molecule has 2 unspecified atom stereocenters. The third-order valence-corrected chi connectivity index (χ3v) is 2.41. The fraction of sp³-hybridized carbons (Fsp3) is 0.417. The number of hydrogen-bond acceptors (Lipinski definition) is 3. The lowest BCUT2D eigenvalue weighted by atomic mass is 10.1. The molecule has 0 N–H and O–H groups in total.